The quantitative estimate of drug-likeness (QED) is 0.831. The van der Waals surface area contributed by atoms with E-state index in [1.807, 2.05) is 24.3 Å². The maximum absolute atomic E-state index is 12.0. The fraction of sp³-hybridized carbons (Fsp3) is 0.611. The van der Waals surface area contributed by atoms with Gasteiger partial charge in [-0.25, -0.2) is 0 Å². The molecule has 1 heterocycles. The van der Waals surface area contributed by atoms with E-state index in [2.05, 4.69) is 24.1 Å². The molecule has 1 unspecified atom stereocenters. The molecule has 1 aromatic rings. The summed E-state index contributed by atoms with van der Waals surface area (Å²) in [4.78, 5) is 14.4. The number of hydrogen-bond donors (Lipinski definition) is 1. The summed E-state index contributed by atoms with van der Waals surface area (Å²) in [5.41, 5.74) is 1.02. The fourth-order valence-corrected chi connectivity index (χ4v) is 3.08. The minimum atomic E-state index is 0.0505. The molecule has 1 aromatic carbocycles. The molecule has 0 bridgehead atoms. The smallest absolute Gasteiger partial charge is 0.220 e. The third-order valence-corrected chi connectivity index (χ3v) is 4.32. The lowest BCUT2D eigenvalue weighted by Gasteiger charge is -2.33. The molecule has 1 aliphatic rings. The highest BCUT2D eigenvalue weighted by atomic mass is 35.5. The van der Waals surface area contributed by atoms with Crippen molar-refractivity contribution < 1.29 is 9.53 Å². The highest BCUT2D eigenvalue weighted by Crippen LogP contribution is 2.16. The van der Waals surface area contributed by atoms with Crippen molar-refractivity contribution in [3.63, 3.8) is 0 Å². The van der Waals surface area contributed by atoms with E-state index < -0.39 is 0 Å². The first-order valence-corrected chi connectivity index (χ1v) is 8.76. The van der Waals surface area contributed by atoms with Gasteiger partial charge in [-0.15, -0.1) is 0 Å². The first kappa shape index (κ1) is 18.2. The van der Waals surface area contributed by atoms with E-state index in [-0.39, 0.29) is 12.0 Å². The van der Waals surface area contributed by atoms with Crippen LogP contribution in [0.25, 0.3) is 0 Å². The van der Waals surface area contributed by atoms with Gasteiger partial charge in [0.2, 0.25) is 5.91 Å². The van der Waals surface area contributed by atoms with Gasteiger partial charge in [0.1, 0.15) is 0 Å². The van der Waals surface area contributed by atoms with Gasteiger partial charge in [0, 0.05) is 37.6 Å². The van der Waals surface area contributed by atoms with Crippen molar-refractivity contribution in [2.45, 2.75) is 32.8 Å². The summed E-state index contributed by atoms with van der Waals surface area (Å²) in [6, 6.07) is 7.66. The van der Waals surface area contributed by atoms with Crippen LogP contribution in [0.5, 0.6) is 0 Å². The van der Waals surface area contributed by atoms with Crippen LogP contribution in [0.2, 0.25) is 5.02 Å². The van der Waals surface area contributed by atoms with Crippen LogP contribution in [-0.2, 0) is 16.0 Å². The van der Waals surface area contributed by atoms with Crippen molar-refractivity contribution in [1.29, 1.82) is 0 Å². The second kappa shape index (κ2) is 9.26. The first-order chi connectivity index (χ1) is 11.0. The second-order valence-corrected chi connectivity index (χ2v) is 6.95. The summed E-state index contributed by atoms with van der Waals surface area (Å²) in [5, 5.41) is 3.70. The number of ether oxygens (including phenoxy) is 1. The number of nitrogens with zero attached hydrogens (tertiary/aromatic N) is 1. The minimum absolute atomic E-state index is 0.0505. The Morgan fingerprint density at radius 3 is 2.96 bits per heavy atom. The Morgan fingerprint density at radius 2 is 2.22 bits per heavy atom. The Labute approximate surface area is 144 Å². The summed E-state index contributed by atoms with van der Waals surface area (Å²) in [6.07, 6.45) is 1.20. The number of rotatable bonds is 7. The normalized spacial score (nSPS) is 19.0. The molecule has 0 aliphatic carbocycles. The van der Waals surface area contributed by atoms with Crippen LogP contribution in [0.3, 0.4) is 0 Å². The molecular weight excluding hydrogens is 312 g/mol. The van der Waals surface area contributed by atoms with Crippen LogP contribution in [-0.4, -0.2) is 49.7 Å². The third kappa shape index (κ3) is 6.50. The molecule has 1 atom stereocenters. The first-order valence-electron chi connectivity index (χ1n) is 8.38. The number of carbonyl (C=O) groups is 1. The number of nitrogens with one attached hydrogen (secondary N) is 1. The van der Waals surface area contributed by atoms with Crippen LogP contribution in [0.1, 0.15) is 25.8 Å². The van der Waals surface area contributed by atoms with Gasteiger partial charge in [0.15, 0.2) is 0 Å². The lowest BCUT2D eigenvalue weighted by Crippen LogP contribution is -2.48. The number of halogens is 1. The molecule has 23 heavy (non-hydrogen) atoms. The van der Waals surface area contributed by atoms with Crippen LogP contribution in [0.4, 0.5) is 0 Å². The number of carbonyl (C=O) groups excluding carboxylic acids is 1. The highest BCUT2D eigenvalue weighted by molar-refractivity contribution is 6.31. The topological polar surface area (TPSA) is 41.6 Å². The Balaban J connectivity index is 1.69. The van der Waals surface area contributed by atoms with Crippen LogP contribution >= 0.6 is 11.6 Å². The zero-order valence-corrected chi connectivity index (χ0v) is 14.8. The summed E-state index contributed by atoms with van der Waals surface area (Å²) in [6.45, 7) is 8.73. The molecule has 1 saturated heterocycles. The largest absolute Gasteiger partial charge is 0.374 e. The summed E-state index contributed by atoms with van der Waals surface area (Å²) < 4.78 is 5.74. The van der Waals surface area contributed by atoms with Crippen LogP contribution in [0, 0.1) is 5.92 Å². The van der Waals surface area contributed by atoms with Crippen molar-refractivity contribution in [2.24, 2.45) is 5.92 Å². The number of morpholine rings is 1. The Hall–Kier alpha value is -1.10. The molecule has 1 amide bonds. The molecule has 0 spiro atoms. The van der Waals surface area contributed by atoms with E-state index in [1.165, 1.54) is 0 Å². The lowest BCUT2D eigenvalue weighted by atomic mass is 10.1. The van der Waals surface area contributed by atoms with E-state index >= 15 is 0 Å². The highest BCUT2D eigenvalue weighted by Gasteiger charge is 2.21. The fourth-order valence-electron chi connectivity index (χ4n) is 2.85. The zero-order valence-electron chi connectivity index (χ0n) is 14.1. The average molecular weight is 339 g/mol. The van der Waals surface area contributed by atoms with Gasteiger partial charge in [-0.3, -0.25) is 9.69 Å². The van der Waals surface area contributed by atoms with Crippen molar-refractivity contribution >= 4 is 17.5 Å². The number of amides is 1. The molecular formula is C18H27ClN2O2. The van der Waals surface area contributed by atoms with E-state index in [0.717, 1.165) is 36.8 Å². The molecule has 2 rings (SSSR count). The third-order valence-electron chi connectivity index (χ3n) is 3.95. The van der Waals surface area contributed by atoms with Crippen LogP contribution in [0.15, 0.2) is 24.3 Å². The van der Waals surface area contributed by atoms with E-state index in [9.17, 15) is 4.79 Å². The van der Waals surface area contributed by atoms with Gasteiger partial charge in [-0.1, -0.05) is 43.6 Å². The molecule has 128 valence electrons. The Kier molecular flexibility index (Phi) is 7.34. The van der Waals surface area contributed by atoms with E-state index in [4.69, 9.17) is 16.3 Å². The number of aryl methyl sites for hydroxylation is 1. The predicted molar refractivity (Wildman–Crippen MR) is 93.8 cm³/mol. The van der Waals surface area contributed by atoms with Crippen LogP contribution < -0.4 is 5.32 Å². The molecule has 1 N–H and O–H groups in total. The van der Waals surface area contributed by atoms with Gasteiger partial charge >= 0.3 is 0 Å². The van der Waals surface area contributed by atoms with Gasteiger partial charge in [-0.05, 0) is 24.0 Å². The molecule has 4 nitrogen and oxygen atoms in total. The van der Waals surface area contributed by atoms with Gasteiger partial charge in [0.25, 0.3) is 0 Å². The predicted octanol–water partition coefficient (Wildman–Crippen LogP) is 2.75. The monoisotopic (exact) mass is 338 g/mol. The second-order valence-electron chi connectivity index (χ2n) is 6.54. The molecule has 1 aliphatic heterocycles. The standard InChI is InChI=1S/C18H27ClN2O2/c1-14(2)12-21-9-10-23-16(13-21)11-20-18(22)8-7-15-5-3-4-6-17(15)19/h3-6,14,16H,7-13H2,1-2H3,(H,20,22). The van der Waals surface area contributed by atoms with Gasteiger partial charge in [-0.2, -0.15) is 0 Å². The van der Waals surface area contributed by atoms with Crippen molar-refractivity contribution in [1.82, 2.24) is 10.2 Å². The maximum atomic E-state index is 12.0. The van der Waals surface area contributed by atoms with Gasteiger partial charge in [0.05, 0.1) is 12.7 Å². The SMILES string of the molecule is CC(C)CN1CCOC(CNC(=O)CCc2ccccc2Cl)C1. The summed E-state index contributed by atoms with van der Waals surface area (Å²) >= 11 is 6.11. The minimum Gasteiger partial charge on any atom is -0.374 e. The Bertz CT molecular complexity index is 508. The molecule has 1 fully saturated rings. The van der Waals surface area contributed by atoms with Crippen molar-refractivity contribution in [2.75, 3.05) is 32.8 Å². The number of hydrogen-bond acceptors (Lipinski definition) is 3. The summed E-state index contributed by atoms with van der Waals surface area (Å²) in [7, 11) is 0. The van der Waals surface area contributed by atoms with Crippen molar-refractivity contribution in [3.05, 3.63) is 34.9 Å². The van der Waals surface area contributed by atoms with E-state index in [0.29, 0.717) is 25.3 Å². The molecule has 0 aromatic heterocycles. The Morgan fingerprint density at radius 1 is 1.43 bits per heavy atom. The molecule has 5 heteroatoms. The number of benzene rings is 1. The average Bonchev–Trinajstić information content (AvgIpc) is 2.52. The maximum Gasteiger partial charge on any atom is 0.220 e. The van der Waals surface area contributed by atoms with Gasteiger partial charge < -0.3 is 10.1 Å². The molecule has 0 saturated carbocycles. The van der Waals surface area contributed by atoms with Crippen molar-refractivity contribution in [3.8, 4) is 0 Å². The zero-order chi connectivity index (χ0) is 16.7. The lowest BCUT2D eigenvalue weighted by molar-refractivity contribution is -0.122. The van der Waals surface area contributed by atoms with E-state index in [1.54, 1.807) is 0 Å². The molecule has 0 radical (unpaired) electrons. The summed E-state index contributed by atoms with van der Waals surface area (Å²) in [5.74, 6) is 0.702.